The standard InChI is InChI=1S/C22H21ClF2N6O3/c23-19-18(21(33)28-12-3-4-13(24)14(25)8-12)15-2-1-7-31(15)20(19)16(32)10-34-11-26-22(5-6-22)17-9-27-30-29-17/h3-4,8-9,26H,1-2,5-7,10-11H2,(H,28,33)(H,27,29,30). The Labute approximate surface area is 197 Å². The van der Waals surface area contributed by atoms with Crippen LogP contribution in [0.15, 0.2) is 24.4 Å². The smallest absolute Gasteiger partial charge is 0.259 e. The number of aromatic nitrogens is 4. The molecule has 12 heteroatoms. The zero-order valence-corrected chi connectivity index (χ0v) is 18.7. The van der Waals surface area contributed by atoms with Crippen molar-refractivity contribution in [1.82, 2.24) is 25.3 Å². The highest BCUT2D eigenvalue weighted by atomic mass is 35.5. The van der Waals surface area contributed by atoms with Crippen molar-refractivity contribution in [2.75, 3.05) is 18.7 Å². The van der Waals surface area contributed by atoms with Crippen LogP contribution in [0.5, 0.6) is 0 Å². The van der Waals surface area contributed by atoms with Crippen LogP contribution in [0.2, 0.25) is 5.02 Å². The Kier molecular flexibility index (Phi) is 5.92. The molecule has 34 heavy (non-hydrogen) atoms. The third-order valence-electron chi connectivity index (χ3n) is 6.18. The van der Waals surface area contributed by atoms with Crippen LogP contribution in [0.4, 0.5) is 14.5 Å². The molecule has 3 heterocycles. The molecule has 1 amide bonds. The van der Waals surface area contributed by atoms with Crippen molar-refractivity contribution >= 4 is 29.0 Å². The summed E-state index contributed by atoms with van der Waals surface area (Å²) in [6, 6.07) is 3.06. The summed E-state index contributed by atoms with van der Waals surface area (Å²) in [7, 11) is 0. The van der Waals surface area contributed by atoms with Gasteiger partial charge in [-0.3, -0.25) is 14.9 Å². The quantitative estimate of drug-likeness (QED) is 0.241. The molecular formula is C22H21ClF2N6O3. The van der Waals surface area contributed by atoms with Gasteiger partial charge in [0, 0.05) is 24.0 Å². The molecule has 1 aromatic carbocycles. The summed E-state index contributed by atoms with van der Waals surface area (Å²) < 4.78 is 34.0. The lowest BCUT2D eigenvalue weighted by Gasteiger charge is -2.14. The van der Waals surface area contributed by atoms with Gasteiger partial charge in [0.05, 0.1) is 29.1 Å². The molecule has 178 valence electrons. The van der Waals surface area contributed by atoms with Crippen molar-refractivity contribution in [3.8, 4) is 0 Å². The number of carbonyl (C=O) groups excluding carboxylic acids is 2. The monoisotopic (exact) mass is 490 g/mol. The minimum absolute atomic E-state index is 0.0256. The number of rotatable bonds is 9. The molecule has 2 aromatic heterocycles. The van der Waals surface area contributed by atoms with E-state index in [4.69, 9.17) is 16.3 Å². The van der Waals surface area contributed by atoms with E-state index in [1.54, 1.807) is 10.8 Å². The largest absolute Gasteiger partial charge is 0.358 e. The predicted molar refractivity (Wildman–Crippen MR) is 118 cm³/mol. The molecular weight excluding hydrogens is 470 g/mol. The highest BCUT2D eigenvalue weighted by molar-refractivity contribution is 6.38. The Bertz CT molecular complexity index is 1260. The number of Topliss-reactive ketones (excluding diaryl/α,β-unsaturated/α-hetero) is 1. The van der Waals surface area contributed by atoms with Gasteiger partial charge in [0.15, 0.2) is 11.6 Å². The van der Waals surface area contributed by atoms with Gasteiger partial charge in [-0.2, -0.15) is 15.4 Å². The fourth-order valence-corrected chi connectivity index (χ4v) is 4.70. The SMILES string of the molecule is O=C(Nc1ccc(F)c(F)c1)c1c(Cl)c(C(=O)COCNC2(c3cn[nH]n3)CC2)n2c1CCC2. The molecule has 3 N–H and O–H groups in total. The van der Waals surface area contributed by atoms with E-state index in [9.17, 15) is 18.4 Å². The maximum atomic E-state index is 13.5. The average molecular weight is 491 g/mol. The molecule has 0 atom stereocenters. The summed E-state index contributed by atoms with van der Waals surface area (Å²) in [5.41, 5.74) is 1.60. The van der Waals surface area contributed by atoms with E-state index < -0.39 is 17.5 Å². The lowest BCUT2D eigenvalue weighted by molar-refractivity contribution is 0.0681. The maximum absolute atomic E-state index is 13.5. The maximum Gasteiger partial charge on any atom is 0.259 e. The molecule has 1 aliphatic heterocycles. The summed E-state index contributed by atoms with van der Waals surface area (Å²) in [6.07, 6.45) is 4.76. The molecule has 0 unspecified atom stereocenters. The third-order valence-corrected chi connectivity index (χ3v) is 6.54. The summed E-state index contributed by atoms with van der Waals surface area (Å²) in [6.45, 7) is 0.449. The Balaban J connectivity index is 1.27. The summed E-state index contributed by atoms with van der Waals surface area (Å²) >= 11 is 6.50. The first-order valence-electron chi connectivity index (χ1n) is 10.8. The number of halogens is 3. The topological polar surface area (TPSA) is 114 Å². The molecule has 2 aliphatic rings. The number of H-pyrrole nitrogens is 1. The van der Waals surface area contributed by atoms with E-state index in [0.29, 0.717) is 18.7 Å². The average Bonchev–Trinajstić information content (AvgIpc) is 3.15. The second-order valence-electron chi connectivity index (χ2n) is 8.35. The van der Waals surface area contributed by atoms with Crippen LogP contribution in [0, 0.1) is 11.6 Å². The Morgan fingerprint density at radius 2 is 2.09 bits per heavy atom. The number of anilines is 1. The van der Waals surface area contributed by atoms with Gasteiger partial charge in [0.2, 0.25) is 5.78 Å². The summed E-state index contributed by atoms with van der Waals surface area (Å²) in [5.74, 6) is -3.04. The third kappa shape index (κ3) is 4.10. The molecule has 1 saturated carbocycles. The Morgan fingerprint density at radius 1 is 1.26 bits per heavy atom. The fourth-order valence-electron chi connectivity index (χ4n) is 4.30. The lowest BCUT2D eigenvalue weighted by atomic mass is 10.1. The van der Waals surface area contributed by atoms with Gasteiger partial charge in [-0.05, 0) is 37.8 Å². The predicted octanol–water partition coefficient (Wildman–Crippen LogP) is 3.17. The van der Waals surface area contributed by atoms with Gasteiger partial charge in [-0.1, -0.05) is 11.6 Å². The number of hydrogen-bond donors (Lipinski definition) is 3. The number of nitrogens with one attached hydrogen (secondary N) is 3. The molecule has 0 radical (unpaired) electrons. The second-order valence-corrected chi connectivity index (χ2v) is 8.73. The van der Waals surface area contributed by atoms with Crippen molar-refractivity contribution in [3.63, 3.8) is 0 Å². The highest BCUT2D eigenvalue weighted by Crippen LogP contribution is 2.44. The molecule has 0 saturated heterocycles. The van der Waals surface area contributed by atoms with Gasteiger partial charge in [0.1, 0.15) is 18.0 Å². The van der Waals surface area contributed by atoms with Gasteiger partial charge < -0.3 is 14.6 Å². The Hall–Kier alpha value is -3.15. The number of aromatic amines is 1. The number of amides is 1. The zero-order valence-electron chi connectivity index (χ0n) is 18.0. The van der Waals surface area contributed by atoms with E-state index in [2.05, 4.69) is 26.0 Å². The normalized spacial score (nSPS) is 15.9. The number of fused-ring (bicyclic) bond motifs is 1. The number of nitrogens with zero attached hydrogens (tertiary/aromatic N) is 3. The van der Waals surface area contributed by atoms with Gasteiger partial charge in [-0.25, -0.2) is 8.78 Å². The van der Waals surface area contributed by atoms with Crippen LogP contribution in [-0.2, 0) is 23.2 Å². The molecule has 5 rings (SSSR count). The van der Waals surface area contributed by atoms with Crippen LogP contribution < -0.4 is 10.6 Å². The van der Waals surface area contributed by atoms with Crippen molar-refractivity contribution in [2.24, 2.45) is 0 Å². The lowest BCUT2D eigenvalue weighted by Crippen LogP contribution is -2.32. The number of ether oxygens (including phenoxy) is 1. The van der Waals surface area contributed by atoms with E-state index in [0.717, 1.165) is 37.1 Å². The van der Waals surface area contributed by atoms with Crippen LogP contribution in [0.3, 0.4) is 0 Å². The summed E-state index contributed by atoms with van der Waals surface area (Å²) in [5, 5.41) is 16.3. The second kappa shape index (κ2) is 8.90. The van der Waals surface area contributed by atoms with Crippen molar-refractivity contribution in [3.05, 3.63) is 63.7 Å². The number of benzene rings is 1. The van der Waals surface area contributed by atoms with E-state index in [1.165, 1.54) is 6.07 Å². The van der Waals surface area contributed by atoms with E-state index in [-0.39, 0.29) is 46.6 Å². The minimum Gasteiger partial charge on any atom is -0.358 e. The molecule has 3 aromatic rings. The van der Waals surface area contributed by atoms with Gasteiger partial charge in [0.25, 0.3) is 5.91 Å². The van der Waals surface area contributed by atoms with Gasteiger partial charge >= 0.3 is 0 Å². The zero-order chi connectivity index (χ0) is 23.9. The minimum atomic E-state index is -1.08. The van der Waals surface area contributed by atoms with Gasteiger partial charge in [-0.15, -0.1) is 0 Å². The molecule has 1 aliphatic carbocycles. The van der Waals surface area contributed by atoms with Crippen LogP contribution >= 0.6 is 11.6 Å². The first-order chi connectivity index (χ1) is 16.4. The van der Waals surface area contributed by atoms with E-state index >= 15 is 0 Å². The number of hydrogen-bond acceptors (Lipinski definition) is 6. The van der Waals surface area contributed by atoms with Crippen LogP contribution in [0.25, 0.3) is 0 Å². The highest BCUT2D eigenvalue weighted by Gasteiger charge is 2.46. The first-order valence-corrected chi connectivity index (χ1v) is 11.2. The van der Waals surface area contributed by atoms with E-state index in [1.807, 2.05) is 0 Å². The summed E-state index contributed by atoms with van der Waals surface area (Å²) in [4.78, 5) is 25.9. The van der Waals surface area contributed by atoms with Crippen LogP contribution in [-0.4, -0.2) is 45.0 Å². The first kappa shape index (κ1) is 22.6. The van der Waals surface area contributed by atoms with Crippen molar-refractivity contribution in [1.29, 1.82) is 0 Å². The molecule has 0 bridgehead atoms. The molecule has 0 spiro atoms. The van der Waals surface area contributed by atoms with Crippen LogP contribution in [0.1, 0.15) is 51.5 Å². The number of carbonyl (C=O) groups is 2. The molecule has 9 nitrogen and oxygen atoms in total. The Morgan fingerprint density at radius 3 is 2.79 bits per heavy atom. The van der Waals surface area contributed by atoms with Crippen molar-refractivity contribution < 1.29 is 23.1 Å². The van der Waals surface area contributed by atoms with Crippen molar-refractivity contribution in [2.45, 2.75) is 37.8 Å². The molecule has 1 fully saturated rings. The fraction of sp³-hybridized carbons (Fsp3) is 0.364. The number of ketones is 1.